The number of nitrogens with two attached hydrogens (primary N) is 1. The van der Waals surface area contributed by atoms with Crippen molar-refractivity contribution in [3.05, 3.63) is 48.3 Å². The number of rotatable bonds is 3. The van der Waals surface area contributed by atoms with E-state index in [1.807, 2.05) is 29.1 Å². The lowest BCUT2D eigenvalue weighted by atomic mass is 9.85. The first kappa shape index (κ1) is 14.3. The van der Waals surface area contributed by atoms with Crippen LogP contribution in [0.4, 0.5) is 0 Å². The van der Waals surface area contributed by atoms with Crippen LogP contribution in [0, 0.1) is 5.92 Å². The van der Waals surface area contributed by atoms with Gasteiger partial charge in [0, 0.05) is 12.2 Å². The summed E-state index contributed by atoms with van der Waals surface area (Å²) in [5.74, 6) is 0.587. The minimum absolute atomic E-state index is 0.0887. The van der Waals surface area contributed by atoms with Crippen LogP contribution in [0.1, 0.15) is 56.7 Å². The number of hydrogen-bond acceptors (Lipinski definition) is 2. The molecule has 3 heteroatoms. The first-order valence-corrected chi connectivity index (χ1v) is 8.21. The zero-order valence-corrected chi connectivity index (χ0v) is 12.6. The van der Waals surface area contributed by atoms with Gasteiger partial charge in [-0.3, -0.25) is 0 Å². The minimum atomic E-state index is 0.0887. The summed E-state index contributed by atoms with van der Waals surface area (Å²) >= 11 is 0. The molecule has 2 aromatic rings. The summed E-state index contributed by atoms with van der Waals surface area (Å²) in [6, 6.07) is 12.5. The molecule has 1 unspecified atom stereocenters. The molecule has 0 bridgehead atoms. The average Bonchev–Trinajstić information content (AvgIpc) is 2.96. The molecule has 1 aliphatic rings. The maximum absolute atomic E-state index is 6.61. The Morgan fingerprint density at radius 3 is 2.33 bits per heavy atom. The lowest BCUT2D eigenvalue weighted by Gasteiger charge is -2.26. The highest BCUT2D eigenvalue weighted by Gasteiger charge is 2.23. The second-order valence-electron chi connectivity index (χ2n) is 6.13. The fourth-order valence-corrected chi connectivity index (χ4v) is 3.44. The Morgan fingerprint density at radius 2 is 1.62 bits per heavy atom. The van der Waals surface area contributed by atoms with E-state index in [0.717, 1.165) is 11.4 Å². The van der Waals surface area contributed by atoms with Gasteiger partial charge >= 0.3 is 0 Å². The zero-order valence-electron chi connectivity index (χ0n) is 12.6. The van der Waals surface area contributed by atoms with E-state index >= 15 is 0 Å². The van der Waals surface area contributed by atoms with E-state index in [1.54, 1.807) is 0 Å². The summed E-state index contributed by atoms with van der Waals surface area (Å²) in [6.07, 6.45) is 11.1. The molecular weight excluding hydrogens is 258 g/mol. The molecule has 1 heterocycles. The molecule has 0 spiro atoms. The molecular formula is C18H25N3. The van der Waals surface area contributed by atoms with E-state index in [0.29, 0.717) is 5.92 Å². The highest BCUT2D eigenvalue weighted by molar-refractivity contribution is 5.33. The molecule has 0 radical (unpaired) electrons. The van der Waals surface area contributed by atoms with Crippen molar-refractivity contribution in [3.8, 4) is 5.69 Å². The predicted octanol–water partition coefficient (Wildman–Crippen LogP) is 4.23. The van der Waals surface area contributed by atoms with Gasteiger partial charge in [-0.05, 0) is 37.0 Å². The average molecular weight is 283 g/mol. The van der Waals surface area contributed by atoms with Crippen molar-refractivity contribution in [2.75, 3.05) is 0 Å². The quantitative estimate of drug-likeness (QED) is 0.916. The standard InChI is InChI=1S/C18H25N3/c19-18(15-9-5-2-1-3-6-10-15)17-13-14-20-21(17)16-11-7-4-8-12-16/h4,7-8,11-15,18H,1-3,5-6,9-10,19H2. The summed E-state index contributed by atoms with van der Waals surface area (Å²) in [7, 11) is 0. The maximum atomic E-state index is 6.61. The van der Waals surface area contributed by atoms with Gasteiger partial charge in [0.1, 0.15) is 0 Å². The molecule has 112 valence electrons. The van der Waals surface area contributed by atoms with Crippen LogP contribution in [0.3, 0.4) is 0 Å². The largest absolute Gasteiger partial charge is 0.322 e. The number of aromatic nitrogens is 2. The van der Waals surface area contributed by atoms with Gasteiger partial charge in [-0.25, -0.2) is 4.68 Å². The van der Waals surface area contributed by atoms with Crippen molar-refractivity contribution in [3.63, 3.8) is 0 Å². The monoisotopic (exact) mass is 283 g/mol. The van der Waals surface area contributed by atoms with Crippen LogP contribution in [0.5, 0.6) is 0 Å². The van der Waals surface area contributed by atoms with Gasteiger partial charge in [-0.15, -0.1) is 0 Å². The summed E-state index contributed by atoms with van der Waals surface area (Å²) in [5.41, 5.74) is 8.85. The van der Waals surface area contributed by atoms with E-state index in [-0.39, 0.29) is 6.04 Å². The van der Waals surface area contributed by atoms with E-state index in [1.165, 1.54) is 44.9 Å². The molecule has 0 aliphatic heterocycles. The summed E-state index contributed by atoms with van der Waals surface area (Å²) in [4.78, 5) is 0. The van der Waals surface area contributed by atoms with E-state index in [4.69, 9.17) is 5.73 Å². The molecule has 0 amide bonds. The molecule has 1 aromatic carbocycles. The molecule has 2 N–H and O–H groups in total. The van der Waals surface area contributed by atoms with Crippen LogP contribution in [-0.2, 0) is 0 Å². The van der Waals surface area contributed by atoms with Gasteiger partial charge in [0.25, 0.3) is 0 Å². The molecule has 1 atom stereocenters. The fourth-order valence-electron chi connectivity index (χ4n) is 3.44. The SMILES string of the molecule is NC(c1ccnn1-c1ccccc1)C1CCCCCCC1. The summed E-state index contributed by atoms with van der Waals surface area (Å²) < 4.78 is 2.00. The topological polar surface area (TPSA) is 43.8 Å². The molecule has 0 saturated heterocycles. The number of para-hydroxylation sites is 1. The van der Waals surface area contributed by atoms with Gasteiger partial charge in [0.15, 0.2) is 0 Å². The lowest BCUT2D eigenvalue weighted by Crippen LogP contribution is -2.25. The normalized spacial score (nSPS) is 18.9. The molecule has 3 nitrogen and oxygen atoms in total. The Hall–Kier alpha value is -1.61. The van der Waals surface area contributed by atoms with Crippen LogP contribution in [0.25, 0.3) is 5.69 Å². The smallest absolute Gasteiger partial charge is 0.0649 e. The van der Waals surface area contributed by atoms with Gasteiger partial charge < -0.3 is 5.73 Å². The second-order valence-corrected chi connectivity index (χ2v) is 6.13. The molecule has 3 rings (SSSR count). The summed E-state index contributed by atoms with van der Waals surface area (Å²) in [6.45, 7) is 0. The highest BCUT2D eigenvalue weighted by atomic mass is 15.3. The Kier molecular flexibility index (Phi) is 4.71. The minimum Gasteiger partial charge on any atom is -0.322 e. The third kappa shape index (κ3) is 3.35. The molecule has 1 aliphatic carbocycles. The van der Waals surface area contributed by atoms with Crippen LogP contribution < -0.4 is 5.73 Å². The van der Waals surface area contributed by atoms with Crippen molar-refractivity contribution in [1.82, 2.24) is 9.78 Å². The molecule has 1 fully saturated rings. The first-order valence-electron chi connectivity index (χ1n) is 8.21. The molecule has 21 heavy (non-hydrogen) atoms. The zero-order chi connectivity index (χ0) is 14.5. The fraction of sp³-hybridized carbons (Fsp3) is 0.500. The van der Waals surface area contributed by atoms with Gasteiger partial charge in [0.05, 0.1) is 11.4 Å². The van der Waals surface area contributed by atoms with Crippen molar-refractivity contribution >= 4 is 0 Å². The number of nitrogens with zero attached hydrogens (tertiary/aromatic N) is 2. The lowest BCUT2D eigenvalue weighted by molar-refractivity contribution is 0.321. The van der Waals surface area contributed by atoms with Crippen LogP contribution in [0.15, 0.2) is 42.6 Å². The molecule has 1 aromatic heterocycles. The number of hydrogen-bond donors (Lipinski definition) is 1. The van der Waals surface area contributed by atoms with E-state index in [9.17, 15) is 0 Å². The Bertz CT molecular complexity index is 539. The first-order chi connectivity index (χ1) is 10.4. The van der Waals surface area contributed by atoms with E-state index in [2.05, 4.69) is 23.3 Å². The second kappa shape index (κ2) is 6.90. The van der Waals surface area contributed by atoms with Gasteiger partial charge in [-0.2, -0.15) is 5.10 Å². The molecule has 1 saturated carbocycles. The maximum Gasteiger partial charge on any atom is 0.0649 e. The Balaban J connectivity index is 1.81. The highest BCUT2D eigenvalue weighted by Crippen LogP contribution is 2.32. The Morgan fingerprint density at radius 1 is 0.952 bits per heavy atom. The van der Waals surface area contributed by atoms with Crippen molar-refractivity contribution in [2.45, 2.75) is 51.0 Å². The third-order valence-corrected chi connectivity index (χ3v) is 4.67. The van der Waals surface area contributed by atoms with Gasteiger partial charge in [0.2, 0.25) is 0 Å². The van der Waals surface area contributed by atoms with Crippen molar-refractivity contribution in [2.24, 2.45) is 11.7 Å². The van der Waals surface area contributed by atoms with Crippen LogP contribution in [0.2, 0.25) is 0 Å². The van der Waals surface area contributed by atoms with Crippen LogP contribution in [-0.4, -0.2) is 9.78 Å². The van der Waals surface area contributed by atoms with E-state index < -0.39 is 0 Å². The Labute approximate surface area is 127 Å². The summed E-state index contributed by atoms with van der Waals surface area (Å²) in [5, 5.41) is 4.48. The predicted molar refractivity (Wildman–Crippen MR) is 86.3 cm³/mol. The third-order valence-electron chi connectivity index (χ3n) is 4.67. The van der Waals surface area contributed by atoms with Crippen molar-refractivity contribution in [1.29, 1.82) is 0 Å². The van der Waals surface area contributed by atoms with Crippen LogP contribution >= 0.6 is 0 Å². The van der Waals surface area contributed by atoms with Crippen molar-refractivity contribution < 1.29 is 0 Å². The van der Waals surface area contributed by atoms with Gasteiger partial charge in [-0.1, -0.05) is 50.3 Å². The number of benzene rings is 1.